The van der Waals surface area contributed by atoms with Crippen LogP contribution in [-0.2, 0) is 9.84 Å². The second-order valence-electron chi connectivity index (χ2n) is 5.87. The Labute approximate surface area is 148 Å². The summed E-state index contributed by atoms with van der Waals surface area (Å²) in [5.41, 5.74) is 6.68. The molecule has 136 valence electrons. The molecule has 1 aromatic carbocycles. The lowest BCUT2D eigenvalue weighted by Gasteiger charge is -2.18. The van der Waals surface area contributed by atoms with Crippen molar-refractivity contribution in [2.75, 3.05) is 18.6 Å². The van der Waals surface area contributed by atoms with E-state index < -0.39 is 9.84 Å². The van der Waals surface area contributed by atoms with Crippen molar-refractivity contribution in [3.05, 3.63) is 29.7 Å². The Balaban J connectivity index is 2.64. The van der Waals surface area contributed by atoms with Crippen molar-refractivity contribution in [3.63, 3.8) is 0 Å². The van der Waals surface area contributed by atoms with E-state index in [1.807, 2.05) is 13.8 Å². The van der Waals surface area contributed by atoms with Gasteiger partial charge in [0.15, 0.2) is 21.4 Å². The van der Waals surface area contributed by atoms with Crippen LogP contribution in [0.1, 0.15) is 38.1 Å². The maximum absolute atomic E-state index is 12.4. The number of aryl methyl sites for hydroxylation is 1. The molecule has 7 nitrogen and oxygen atoms in total. The number of sulfone groups is 1. The second kappa shape index (κ2) is 7.26. The smallest absolute Gasteiger partial charge is 0.187 e. The van der Waals surface area contributed by atoms with Crippen LogP contribution in [0.4, 0.5) is 5.82 Å². The Hall–Kier alpha value is -2.35. The number of benzene rings is 1. The molecule has 0 radical (unpaired) electrons. The highest BCUT2D eigenvalue weighted by atomic mass is 32.2. The molecule has 0 aliphatic carbocycles. The lowest BCUT2D eigenvalue weighted by molar-refractivity contribution is 0.398. The molecule has 0 spiro atoms. The van der Waals surface area contributed by atoms with Crippen LogP contribution in [0, 0.1) is 6.92 Å². The Morgan fingerprint density at radius 2 is 1.88 bits per heavy atom. The predicted octanol–water partition coefficient (Wildman–Crippen LogP) is 3.09. The zero-order valence-electron chi connectivity index (χ0n) is 15.0. The third kappa shape index (κ3) is 4.01. The summed E-state index contributed by atoms with van der Waals surface area (Å²) >= 11 is 0. The number of rotatable bonds is 6. The quantitative estimate of drug-likeness (QED) is 0.838. The molecule has 2 N–H and O–H groups in total. The summed E-state index contributed by atoms with van der Waals surface area (Å²) in [7, 11) is -2.04. The minimum atomic E-state index is -3.48. The summed E-state index contributed by atoms with van der Waals surface area (Å²) in [5.74, 6) is 1.72. The van der Waals surface area contributed by atoms with Crippen molar-refractivity contribution >= 4 is 15.7 Å². The third-order valence-corrected chi connectivity index (χ3v) is 5.51. The molecule has 0 bridgehead atoms. The molecular formula is C17H23N3O4S. The van der Waals surface area contributed by atoms with E-state index in [0.717, 1.165) is 5.56 Å². The zero-order valence-corrected chi connectivity index (χ0v) is 15.8. The monoisotopic (exact) mass is 365 g/mol. The van der Waals surface area contributed by atoms with Crippen LogP contribution < -0.4 is 15.2 Å². The van der Waals surface area contributed by atoms with Gasteiger partial charge in [0.1, 0.15) is 22.2 Å². The van der Waals surface area contributed by atoms with Crippen molar-refractivity contribution in [1.29, 1.82) is 0 Å². The van der Waals surface area contributed by atoms with E-state index in [1.54, 1.807) is 19.9 Å². The molecule has 0 fully saturated rings. The van der Waals surface area contributed by atoms with E-state index in [9.17, 15) is 8.42 Å². The Morgan fingerprint density at radius 1 is 1.20 bits per heavy atom. The SMILES string of the molecule is CCS(=O)(=O)c1cc(Oc2cnc(C)nc2N)c(C(C)C)cc1OC. The summed E-state index contributed by atoms with van der Waals surface area (Å²) in [5, 5.41) is 0. The summed E-state index contributed by atoms with van der Waals surface area (Å²) in [6.45, 7) is 7.26. The van der Waals surface area contributed by atoms with E-state index in [2.05, 4.69) is 9.97 Å². The second-order valence-corrected chi connectivity index (χ2v) is 8.11. The van der Waals surface area contributed by atoms with Gasteiger partial charge in [-0.15, -0.1) is 0 Å². The fourth-order valence-corrected chi connectivity index (χ4v) is 3.37. The van der Waals surface area contributed by atoms with Crippen LogP contribution in [0.15, 0.2) is 23.2 Å². The van der Waals surface area contributed by atoms with Gasteiger partial charge in [-0.2, -0.15) is 0 Å². The Bertz CT molecular complexity index is 880. The normalized spacial score (nSPS) is 11.6. The van der Waals surface area contributed by atoms with Crippen LogP contribution in [0.3, 0.4) is 0 Å². The van der Waals surface area contributed by atoms with Gasteiger partial charge in [0.05, 0.1) is 19.1 Å². The van der Waals surface area contributed by atoms with E-state index in [-0.39, 0.29) is 28.1 Å². The third-order valence-electron chi connectivity index (χ3n) is 3.76. The summed E-state index contributed by atoms with van der Waals surface area (Å²) < 4.78 is 35.9. The summed E-state index contributed by atoms with van der Waals surface area (Å²) in [4.78, 5) is 8.22. The lowest BCUT2D eigenvalue weighted by atomic mass is 10.0. The summed E-state index contributed by atoms with van der Waals surface area (Å²) in [6.07, 6.45) is 1.47. The first-order valence-electron chi connectivity index (χ1n) is 7.91. The highest BCUT2D eigenvalue weighted by molar-refractivity contribution is 7.91. The van der Waals surface area contributed by atoms with Crippen molar-refractivity contribution in [2.45, 2.75) is 38.5 Å². The number of nitrogens with zero attached hydrogens (tertiary/aromatic N) is 2. The number of nitrogen functional groups attached to an aromatic ring is 1. The fraction of sp³-hybridized carbons (Fsp3) is 0.412. The standard InChI is InChI=1S/C17H23N3O4S/c1-6-25(21,22)16-8-13(12(10(2)3)7-14(16)23-5)24-15-9-19-11(4)20-17(15)18/h7-10H,6H2,1-5H3,(H2,18,19,20). The molecule has 0 saturated heterocycles. The van der Waals surface area contributed by atoms with Crippen molar-refractivity contribution in [3.8, 4) is 17.2 Å². The molecule has 8 heteroatoms. The molecule has 0 aliphatic rings. The number of hydrogen-bond donors (Lipinski definition) is 1. The van der Waals surface area contributed by atoms with Gasteiger partial charge in [0.2, 0.25) is 0 Å². The van der Waals surface area contributed by atoms with Gasteiger partial charge in [0, 0.05) is 11.6 Å². The van der Waals surface area contributed by atoms with Crippen LogP contribution in [-0.4, -0.2) is 31.2 Å². The highest BCUT2D eigenvalue weighted by Crippen LogP contribution is 2.39. The molecule has 0 unspecified atom stereocenters. The molecule has 0 saturated carbocycles. The van der Waals surface area contributed by atoms with E-state index in [4.69, 9.17) is 15.2 Å². The molecule has 0 aliphatic heterocycles. The largest absolute Gasteiger partial charge is 0.495 e. The molecule has 2 rings (SSSR count). The average molecular weight is 365 g/mol. The van der Waals surface area contributed by atoms with Crippen LogP contribution in [0.25, 0.3) is 0 Å². The number of nitrogens with two attached hydrogens (primary N) is 1. The Morgan fingerprint density at radius 3 is 2.40 bits per heavy atom. The first-order valence-corrected chi connectivity index (χ1v) is 9.56. The van der Waals surface area contributed by atoms with Crippen LogP contribution in [0.2, 0.25) is 0 Å². The van der Waals surface area contributed by atoms with E-state index in [0.29, 0.717) is 17.3 Å². The predicted molar refractivity (Wildman–Crippen MR) is 96.1 cm³/mol. The van der Waals surface area contributed by atoms with Gasteiger partial charge in [-0.25, -0.2) is 18.4 Å². The average Bonchev–Trinajstić information content (AvgIpc) is 2.56. The number of hydrogen-bond acceptors (Lipinski definition) is 7. The maximum Gasteiger partial charge on any atom is 0.187 e. The van der Waals surface area contributed by atoms with E-state index >= 15 is 0 Å². The molecule has 2 aromatic rings. The minimum Gasteiger partial charge on any atom is -0.495 e. The fourth-order valence-electron chi connectivity index (χ4n) is 2.33. The van der Waals surface area contributed by atoms with Crippen LogP contribution >= 0.6 is 0 Å². The molecule has 25 heavy (non-hydrogen) atoms. The lowest BCUT2D eigenvalue weighted by Crippen LogP contribution is -2.08. The first-order chi connectivity index (χ1) is 11.7. The van der Waals surface area contributed by atoms with E-state index in [1.165, 1.54) is 19.4 Å². The van der Waals surface area contributed by atoms with Gasteiger partial charge in [-0.1, -0.05) is 20.8 Å². The highest BCUT2D eigenvalue weighted by Gasteiger charge is 2.23. The van der Waals surface area contributed by atoms with Crippen molar-refractivity contribution < 1.29 is 17.9 Å². The maximum atomic E-state index is 12.4. The van der Waals surface area contributed by atoms with Crippen molar-refractivity contribution in [1.82, 2.24) is 9.97 Å². The number of anilines is 1. The first kappa shape index (κ1) is 19.0. The molecular weight excluding hydrogens is 342 g/mol. The number of ether oxygens (including phenoxy) is 2. The van der Waals surface area contributed by atoms with Gasteiger partial charge in [-0.3, -0.25) is 0 Å². The molecule has 0 atom stereocenters. The van der Waals surface area contributed by atoms with Crippen LogP contribution in [0.5, 0.6) is 17.2 Å². The molecule has 0 amide bonds. The van der Waals surface area contributed by atoms with Crippen molar-refractivity contribution in [2.24, 2.45) is 0 Å². The van der Waals surface area contributed by atoms with Gasteiger partial charge in [-0.05, 0) is 18.9 Å². The molecule has 1 aromatic heterocycles. The zero-order chi connectivity index (χ0) is 18.8. The van der Waals surface area contributed by atoms with Gasteiger partial charge in [0.25, 0.3) is 0 Å². The number of aromatic nitrogens is 2. The van der Waals surface area contributed by atoms with Gasteiger partial charge >= 0.3 is 0 Å². The molecule has 1 heterocycles. The number of methoxy groups -OCH3 is 1. The van der Waals surface area contributed by atoms with Gasteiger partial charge < -0.3 is 15.2 Å². The topological polar surface area (TPSA) is 104 Å². The Kier molecular flexibility index (Phi) is 5.52. The minimum absolute atomic E-state index is 0.0421. The summed E-state index contributed by atoms with van der Waals surface area (Å²) in [6, 6.07) is 3.17.